The van der Waals surface area contributed by atoms with Gasteiger partial charge in [-0.3, -0.25) is 9.59 Å². The monoisotopic (exact) mass is 397 g/mol. The van der Waals surface area contributed by atoms with Crippen molar-refractivity contribution in [3.8, 4) is 11.3 Å². The molecule has 1 atom stereocenters. The quantitative estimate of drug-likeness (QED) is 0.767. The van der Waals surface area contributed by atoms with Crippen molar-refractivity contribution in [1.82, 2.24) is 9.88 Å². The number of rotatable bonds is 4. The van der Waals surface area contributed by atoms with Crippen molar-refractivity contribution in [3.05, 3.63) is 46.8 Å². The topological polar surface area (TPSA) is 125 Å². The van der Waals surface area contributed by atoms with Gasteiger partial charge in [0.05, 0.1) is 19.3 Å². The number of anilines is 1. The highest BCUT2D eigenvalue weighted by atomic mass is 16.5. The molecule has 9 heteroatoms. The minimum atomic E-state index is -1.60. The first-order chi connectivity index (χ1) is 13.9. The molecule has 1 aliphatic heterocycles. The molecule has 0 bridgehead atoms. The number of hydrogen-bond acceptors (Lipinski definition) is 8. The number of amides is 1. The average Bonchev–Trinajstić information content (AvgIpc) is 3.27. The molecular formula is C20H19N3O6. The van der Waals surface area contributed by atoms with Crippen LogP contribution in [0.1, 0.15) is 25.1 Å². The summed E-state index contributed by atoms with van der Waals surface area (Å²) in [4.78, 5) is 44.2. The Labute approximate surface area is 166 Å². The largest absolute Gasteiger partial charge is 0.468 e. The lowest BCUT2D eigenvalue weighted by Gasteiger charge is -2.26. The summed E-state index contributed by atoms with van der Waals surface area (Å²) < 4.78 is 15.6. The lowest BCUT2D eigenvalue weighted by atomic mass is 9.74. The minimum Gasteiger partial charge on any atom is -0.468 e. The van der Waals surface area contributed by atoms with E-state index in [-0.39, 0.29) is 30.4 Å². The molecule has 0 radical (unpaired) electrons. The van der Waals surface area contributed by atoms with E-state index in [1.807, 2.05) is 0 Å². The number of hydrogen-bond donors (Lipinski definition) is 1. The molecule has 4 rings (SSSR count). The third-order valence-electron chi connectivity index (χ3n) is 5.28. The fourth-order valence-electron chi connectivity index (χ4n) is 4.13. The molecule has 1 amide bonds. The predicted molar refractivity (Wildman–Crippen MR) is 100 cm³/mol. The molecule has 150 valence electrons. The van der Waals surface area contributed by atoms with Crippen LogP contribution < -0.4 is 5.73 Å². The molecule has 2 heterocycles. The van der Waals surface area contributed by atoms with E-state index in [9.17, 15) is 14.4 Å². The Morgan fingerprint density at radius 2 is 2.03 bits per heavy atom. The second kappa shape index (κ2) is 6.47. The molecule has 1 spiro atoms. The molecule has 1 aliphatic carbocycles. The van der Waals surface area contributed by atoms with Crippen molar-refractivity contribution in [3.63, 3.8) is 0 Å². The van der Waals surface area contributed by atoms with Crippen LogP contribution in [-0.2, 0) is 29.3 Å². The van der Waals surface area contributed by atoms with Crippen LogP contribution in [0.2, 0.25) is 0 Å². The standard InChI is InChI=1S/C20H19N3O6/c1-4-28-17(25)14-10(2)23(9-13(24)27-3)18(26)20(14)12-8-6-5-7-11(12)15-16(20)22-19(21)29-15/h5-8H,4,9H2,1-3H3,(H2,21,22). The maximum Gasteiger partial charge on any atom is 0.337 e. The van der Waals surface area contributed by atoms with Crippen LogP contribution in [0.4, 0.5) is 6.01 Å². The first kappa shape index (κ1) is 18.7. The van der Waals surface area contributed by atoms with Gasteiger partial charge in [0.2, 0.25) is 5.91 Å². The van der Waals surface area contributed by atoms with Crippen molar-refractivity contribution in [2.24, 2.45) is 0 Å². The molecule has 1 unspecified atom stereocenters. The normalized spacial score (nSPS) is 19.6. The molecule has 9 nitrogen and oxygen atoms in total. The number of nitrogen functional groups attached to an aromatic ring is 1. The van der Waals surface area contributed by atoms with Crippen molar-refractivity contribution in [2.45, 2.75) is 19.3 Å². The van der Waals surface area contributed by atoms with Crippen molar-refractivity contribution in [2.75, 3.05) is 26.0 Å². The number of nitrogens with two attached hydrogens (primary N) is 1. The minimum absolute atomic E-state index is 0.0905. The first-order valence-electron chi connectivity index (χ1n) is 9.01. The zero-order valence-electron chi connectivity index (χ0n) is 16.1. The van der Waals surface area contributed by atoms with Gasteiger partial charge in [0.25, 0.3) is 6.01 Å². The molecule has 1 aromatic heterocycles. The van der Waals surface area contributed by atoms with E-state index in [0.717, 1.165) is 0 Å². The second-order valence-corrected chi connectivity index (χ2v) is 6.67. The zero-order chi connectivity index (χ0) is 20.9. The number of allylic oxidation sites excluding steroid dienone is 1. The van der Waals surface area contributed by atoms with Crippen molar-refractivity contribution in [1.29, 1.82) is 0 Å². The van der Waals surface area contributed by atoms with Gasteiger partial charge >= 0.3 is 11.9 Å². The summed E-state index contributed by atoms with van der Waals surface area (Å²) in [5.41, 5.74) is 5.92. The number of benzene rings is 1. The Kier molecular flexibility index (Phi) is 4.18. The number of oxazole rings is 1. The fourth-order valence-corrected chi connectivity index (χ4v) is 4.13. The number of methoxy groups -OCH3 is 1. The van der Waals surface area contributed by atoms with Crippen LogP contribution in [0.15, 0.2) is 40.0 Å². The smallest absolute Gasteiger partial charge is 0.337 e. The summed E-state index contributed by atoms with van der Waals surface area (Å²) in [6.07, 6.45) is 0. The molecule has 0 fully saturated rings. The van der Waals surface area contributed by atoms with E-state index in [4.69, 9.17) is 19.6 Å². The Morgan fingerprint density at radius 3 is 2.72 bits per heavy atom. The van der Waals surface area contributed by atoms with Gasteiger partial charge < -0.3 is 24.5 Å². The molecule has 2 N–H and O–H groups in total. The van der Waals surface area contributed by atoms with E-state index < -0.39 is 23.3 Å². The predicted octanol–water partition coefficient (Wildman–Crippen LogP) is 1.38. The van der Waals surface area contributed by atoms with E-state index in [1.165, 1.54) is 12.0 Å². The molecule has 29 heavy (non-hydrogen) atoms. The van der Waals surface area contributed by atoms with Crippen molar-refractivity contribution >= 4 is 23.9 Å². The number of esters is 2. The first-order valence-corrected chi connectivity index (χ1v) is 9.01. The Bertz CT molecular complexity index is 1090. The lowest BCUT2D eigenvalue weighted by Crippen LogP contribution is -2.43. The highest BCUT2D eigenvalue weighted by molar-refractivity contribution is 6.14. The molecule has 0 saturated heterocycles. The highest BCUT2D eigenvalue weighted by Gasteiger charge is 2.63. The van der Waals surface area contributed by atoms with E-state index in [2.05, 4.69) is 4.98 Å². The van der Waals surface area contributed by atoms with Crippen LogP contribution in [0.3, 0.4) is 0 Å². The maximum absolute atomic E-state index is 13.8. The Hall–Kier alpha value is -3.62. The summed E-state index contributed by atoms with van der Waals surface area (Å²) in [5.74, 6) is -1.48. The molecule has 0 saturated carbocycles. The summed E-state index contributed by atoms with van der Waals surface area (Å²) >= 11 is 0. The SMILES string of the molecule is CCOC(=O)C1=C(C)N(CC(=O)OC)C(=O)C12c1ccccc1-c1oc(N)nc12. The van der Waals surface area contributed by atoms with Crippen LogP contribution >= 0.6 is 0 Å². The highest BCUT2D eigenvalue weighted by Crippen LogP contribution is 2.57. The van der Waals surface area contributed by atoms with Gasteiger partial charge in [0.1, 0.15) is 12.2 Å². The zero-order valence-corrected chi connectivity index (χ0v) is 16.1. The van der Waals surface area contributed by atoms with Gasteiger partial charge in [-0.05, 0) is 19.4 Å². The third kappa shape index (κ3) is 2.33. The van der Waals surface area contributed by atoms with Crippen LogP contribution in [-0.4, -0.2) is 48.0 Å². The summed E-state index contributed by atoms with van der Waals surface area (Å²) in [6.45, 7) is 3.03. The molecular weight excluding hydrogens is 378 g/mol. The number of fused-ring (bicyclic) bond motifs is 5. The molecule has 1 aromatic carbocycles. The van der Waals surface area contributed by atoms with Crippen LogP contribution in [0.5, 0.6) is 0 Å². The van der Waals surface area contributed by atoms with Gasteiger partial charge in [0, 0.05) is 11.3 Å². The second-order valence-electron chi connectivity index (χ2n) is 6.67. The number of nitrogens with zero attached hydrogens (tertiary/aromatic N) is 2. The summed E-state index contributed by atoms with van der Waals surface area (Å²) in [7, 11) is 1.23. The van der Waals surface area contributed by atoms with E-state index in [0.29, 0.717) is 22.6 Å². The Balaban J connectivity index is 2.03. The van der Waals surface area contributed by atoms with Crippen LogP contribution in [0, 0.1) is 0 Å². The third-order valence-corrected chi connectivity index (χ3v) is 5.28. The maximum atomic E-state index is 13.8. The van der Waals surface area contributed by atoms with Gasteiger partial charge in [-0.15, -0.1) is 0 Å². The number of carbonyl (C=O) groups excluding carboxylic acids is 3. The lowest BCUT2D eigenvalue weighted by molar-refractivity contribution is -0.146. The molecule has 2 aliphatic rings. The number of aromatic nitrogens is 1. The van der Waals surface area contributed by atoms with Gasteiger partial charge in [-0.2, -0.15) is 4.98 Å². The number of ether oxygens (including phenoxy) is 2. The summed E-state index contributed by atoms with van der Waals surface area (Å²) in [6, 6.07) is 6.91. The van der Waals surface area contributed by atoms with Crippen molar-refractivity contribution < 1.29 is 28.3 Å². The number of carbonyl (C=O) groups is 3. The van der Waals surface area contributed by atoms with Gasteiger partial charge in [0.15, 0.2) is 11.2 Å². The average molecular weight is 397 g/mol. The summed E-state index contributed by atoms with van der Waals surface area (Å²) in [5, 5.41) is 0. The Morgan fingerprint density at radius 1 is 1.31 bits per heavy atom. The van der Waals surface area contributed by atoms with E-state index in [1.54, 1.807) is 38.1 Å². The molecule has 2 aromatic rings. The fraction of sp³-hybridized carbons (Fsp3) is 0.300. The van der Waals surface area contributed by atoms with Gasteiger partial charge in [-0.25, -0.2) is 4.79 Å². The van der Waals surface area contributed by atoms with Crippen LogP contribution in [0.25, 0.3) is 11.3 Å². The van der Waals surface area contributed by atoms with Gasteiger partial charge in [-0.1, -0.05) is 24.3 Å². The van der Waals surface area contributed by atoms with E-state index >= 15 is 0 Å².